The van der Waals surface area contributed by atoms with E-state index < -0.39 is 6.10 Å². The molecule has 0 aromatic heterocycles. The Bertz CT molecular complexity index is 709. The van der Waals surface area contributed by atoms with Crippen LogP contribution in [0.2, 0.25) is 0 Å². The first-order valence-electron chi connectivity index (χ1n) is 9.29. The minimum Gasteiger partial charge on any atom is -0.493 e. The molecular weight excluding hydrogens is 386 g/mol. The third-order valence-corrected chi connectivity index (χ3v) is 5.07. The first-order chi connectivity index (χ1) is 13.1. The van der Waals surface area contributed by atoms with Crippen molar-refractivity contribution in [3.8, 4) is 11.5 Å². The Hall–Kier alpha value is -2.03. The van der Waals surface area contributed by atoms with Crippen LogP contribution in [-0.2, 0) is 9.53 Å². The molecule has 0 bridgehead atoms. The number of halogens is 1. The summed E-state index contributed by atoms with van der Waals surface area (Å²) in [6.07, 6.45) is 2.66. The van der Waals surface area contributed by atoms with Gasteiger partial charge in [-0.05, 0) is 31.7 Å². The van der Waals surface area contributed by atoms with Gasteiger partial charge in [-0.1, -0.05) is 0 Å². The SMILES string of the molecule is COc1cc(NC(=O)[C@@H]2CC[C@H](CN)O2)c(C(=O)N2CCCC2)cc1OC.Cl. The standard InChI is InChI=1S/C19H27N3O5.ClH/c1-25-16-9-13(19(24)22-7-3-4-8-22)14(10-17(16)26-2)21-18(23)15-6-5-12(11-20)27-15;/h9-10,12,15H,3-8,11,20H2,1-2H3,(H,21,23);1H/t12-,15+;/m1./s1. The molecule has 1 aromatic carbocycles. The van der Waals surface area contributed by atoms with Crippen LogP contribution in [0.3, 0.4) is 0 Å². The van der Waals surface area contributed by atoms with Crippen LogP contribution in [0.4, 0.5) is 5.69 Å². The number of rotatable bonds is 6. The van der Waals surface area contributed by atoms with Crippen molar-refractivity contribution in [3.63, 3.8) is 0 Å². The van der Waals surface area contributed by atoms with Crippen LogP contribution in [0, 0.1) is 0 Å². The predicted octanol–water partition coefficient (Wildman–Crippen LogP) is 1.81. The van der Waals surface area contributed by atoms with E-state index in [1.54, 1.807) is 17.0 Å². The van der Waals surface area contributed by atoms with Gasteiger partial charge >= 0.3 is 0 Å². The Morgan fingerprint density at radius 3 is 2.39 bits per heavy atom. The Labute approximate surface area is 171 Å². The maximum Gasteiger partial charge on any atom is 0.256 e. The van der Waals surface area contributed by atoms with Gasteiger partial charge in [-0.25, -0.2) is 0 Å². The highest BCUT2D eigenvalue weighted by Crippen LogP contribution is 2.35. The number of nitrogens with one attached hydrogen (secondary N) is 1. The van der Waals surface area contributed by atoms with Gasteiger partial charge in [0.2, 0.25) is 0 Å². The lowest BCUT2D eigenvalue weighted by atomic mass is 10.1. The van der Waals surface area contributed by atoms with Gasteiger partial charge in [0.15, 0.2) is 11.5 Å². The predicted molar refractivity (Wildman–Crippen MR) is 108 cm³/mol. The Morgan fingerprint density at radius 1 is 1.18 bits per heavy atom. The number of hydrogen-bond donors (Lipinski definition) is 2. The average molecular weight is 414 g/mol. The molecule has 2 fully saturated rings. The molecule has 8 nitrogen and oxygen atoms in total. The first-order valence-corrected chi connectivity index (χ1v) is 9.29. The third kappa shape index (κ3) is 4.68. The van der Waals surface area contributed by atoms with E-state index in [0.29, 0.717) is 48.8 Å². The molecule has 2 heterocycles. The van der Waals surface area contributed by atoms with Crippen molar-refractivity contribution in [2.75, 3.05) is 39.2 Å². The van der Waals surface area contributed by atoms with Crippen molar-refractivity contribution < 1.29 is 23.8 Å². The number of methoxy groups -OCH3 is 2. The van der Waals surface area contributed by atoms with Crippen molar-refractivity contribution in [1.29, 1.82) is 0 Å². The number of nitrogens with two attached hydrogens (primary N) is 1. The molecule has 2 aliphatic rings. The van der Waals surface area contributed by atoms with Gasteiger partial charge in [-0.3, -0.25) is 9.59 Å². The van der Waals surface area contributed by atoms with E-state index in [1.165, 1.54) is 14.2 Å². The highest BCUT2D eigenvalue weighted by Gasteiger charge is 2.31. The molecule has 0 spiro atoms. The lowest BCUT2D eigenvalue weighted by molar-refractivity contribution is -0.126. The van der Waals surface area contributed by atoms with Gasteiger partial charge in [-0.15, -0.1) is 12.4 Å². The summed E-state index contributed by atoms with van der Waals surface area (Å²) in [4.78, 5) is 27.4. The number of carbonyl (C=O) groups is 2. The van der Waals surface area contributed by atoms with Crippen LogP contribution >= 0.6 is 12.4 Å². The molecule has 3 rings (SSSR count). The number of ether oxygens (including phenoxy) is 3. The fourth-order valence-corrected chi connectivity index (χ4v) is 3.54. The second-order valence-electron chi connectivity index (χ2n) is 6.80. The summed E-state index contributed by atoms with van der Waals surface area (Å²) in [6.45, 7) is 1.81. The summed E-state index contributed by atoms with van der Waals surface area (Å²) in [5.41, 5.74) is 6.40. The monoisotopic (exact) mass is 413 g/mol. The topological polar surface area (TPSA) is 103 Å². The molecule has 0 unspecified atom stereocenters. The molecule has 9 heteroatoms. The van der Waals surface area contributed by atoms with Crippen LogP contribution < -0.4 is 20.5 Å². The molecule has 2 atom stereocenters. The lowest BCUT2D eigenvalue weighted by Gasteiger charge is -2.21. The van der Waals surface area contributed by atoms with Crippen LogP contribution in [0.15, 0.2) is 12.1 Å². The molecule has 1 aromatic rings. The van der Waals surface area contributed by atoms with E-state index in [-0.39, 0.29) is 30.3 Å². The maximum atomic E-state index is 13.0. The van der Waals surface area contributed by atoms with Gasteiger partial charge in [-0.2, -0.15) is 0 Å². The fraction of sp³-hybridized carbons (Fsp3) is 0.579. The van der Waals surface area contributed by atoms with Crippen LogP contribution in [0.5, 0.6) is 11.5 Å². The number of benzene rings is 1. The van der Waals surface area contributed by atoms with E-state index in [2.05, 4.69) is 5.32 Å². The molecule has 2 saturated heterocycles. The first kappa shape index (κ1) is 22.3. The van der Waals surface area contributed by atoms with Gasteiger partial charge in [0.1, 0.15) is 6.10 Å². The molecule has 0 saturated carbocycles. The largest absolute Gasteiger partial charge is 0.493 e. The quantitative estimate of drug-likeness (QED) is 0.737. The van der Waals surface area contributed by atoms with E-state index in [1.807, 2.05) is 0 Å². The second kappa shape index (κ2) is 9.95. The fourth-order valence-electron chi connectivity index (χ4n) is 3.54. The maximum absolute atomic E-state index is 13.0. The minimum atomic E-state index is -0.568. The Kier molecular flexibility index (Phi) is 7.91. The van der Waals surface area contributed by atoms with Crippen molar-refractivity contribution in [2.45, 2.75) is 37.9 Å². The number of anilines is 1. The summed E-state index contributed by atoms with van der Waals surface area (Å²) in [5.74, 6) is 0.473. The van der Waals surface area contributed by atoms with Gasteiger partial charge in [0.25, 0.3) is 11.8 Å². The highest BCUT2D eigenvalue weighted by atomic mass is 35.5. The molecule has 156 valence electrons. The second-order valence-corrected chi connectivity index (χ2v) is 6.80. The number of nitrogens with zero attached hydrogens (tertiary/aromatic N) is 1. The zero-order valence-electron chi connectivity index (χ0n) is 16.2. The number of hydrogen-bond acceptors (Lipinski definition) is 6. The zero-order chi connectivity index (χ0) is 19.4. The van der Waals surface area contributed by atoms with Gasteiger partial charge in [0.05, 0.1) is 31.6 Å². The van der Waals surface area contributed by atoms with E-state index in [0.717, 1.165) is 19.3 Å². The van der Waals surface area contributed by atoms with Crippen molar-refractivity contribution in [1.82, 2.24) is 4.90 Å². The molecule has 2 amide bonds. The summed E-state index contributed by atoms with van der Waals surface area (Å²) < 4.78 is 16.3. The summed E-state index contributed by atoms with van der Waals surface area (Å²) in [6, 6.07) is 3.24. The van der Waals surface area contributed by atoms with E-state index in [9.17, 15) is 9.59 Å². The Balaban J connectivity index is 0.00000280. The number of carbonyl (C=O) groups excluding carboxylic acids is 2. The van der Waals surface area contributed by atoms with Crippen LogP contribution in [0.25, 0.3) is 0 Å². The van der Waals surface area contributed by atoms with Crippen LogP contribution in [-0.4, -0.2) is 62.8 Å². The summed E-state index contributed by atoms with van der Waals surface area (Å²) in [7, 11) is 3.02. The van der Waals surface area contributed by atoms with Crippen molar-refractivity contribution in [2.24, 2.45) is 5.73 Å². The smallest absolute Gasteiger partial charge is 0.256 e. The molecule has 3 N–H and O–H groups in total. The lowest BCUT2D eigenvalue weighted by Crippen LogP contribution is -2.32. The zero-order valence-corrected chi connectivity index (χ0v) is 17.0. The van der Waals surface area contributed by atoms with Gasteiger partial charge in [0, 0.05) is 25.7 Å². The third-order valence-electron chi connectivity index (χ3n) is 5.07. The number of amides is 2. The summed E-state index contributed by atoms with van der Waals surface area (Å²) in [5, 5.41) is 2.84. The molecular formula is C19H28ClN3O5. The van der Waals surface area contributed by atoms with Crippen molar-refractivity contribution >= 4 is 29.9 Å². The molecule has 0 aliphatic carbocycles. The van der Waals surface area contributed by atoms with Gasteiger partial charge < -0.3 is 30.2 Å². The molecule has 0 radical (unpaired) electrons. The van der Waals surface area contributed by atoms with Crippen molar-refractivity contribution in [3.05, 3.63) is 17.7 Å². The molecule has 28 heavy (non-hydrogen) atoms. The van der Waals surface area contributed by atoms with E-state index in [4.69, 9.17) is 19.9 Å². The van der Waals surface area contributed by atoms with E-state index >= 15 is 0 Å². The summed E-state index contributed by atoms with van der Waals surface area (Å²) >= 11 is 0. The number of likely N-dealkylation sites (tertiary alicyclic amines) is 1. The Morgan fingerprint density at radius 2 is 1.82 bits per heavy atom. The average Bonchev–Trinajstić information content (AvgIpc) is 3.38. The molecule has 2 aliphatic heterocycles. The highest BCUT2D eigenvalue weighted by molar-refractivity contribution is 6.05. The van der Waals surface area contributed by atoms with Crippen LogP contribution in [0.1, 0.15) is 36.0 Å². The normalized spacial score (nSPS) is 21.2. The minimum absolute atomic E-state index is 0.